The Bertz CT molecular complexity index is 1000. The fraction of sp³-hybridized carbons (Fsp3) is 0.360. The summed E-state index contributed by atoms with van der Waals surface area (Å²) in [5, 5.41) is 0. The minimum atomic E-state index is 0.162. The van der Waals surface area contributed by atoms with Crippen molar-refractivity contribution >= 4 is 5.91 Å². The number of benzene rings is 2. The molecule has 0 N–H and O–H groups in total. The standard InChI is InChI=1S/C25H27N3O2/c1-18-23(26-25(30-18)20-10-6-3-7-11-20)12-24(29)28-16-21-14-27(15-22(21)17-28)13-19-8-4-2-5-9-19/h2-11,21-22H,12-17H2,1H3/t21-,22-/m0/s1. The van der Waals surface area contributed by atoms with Crippen LogP contribution in [-0.4, -0.2) is 46.9 Å². The van der Waals surface area contributed by atoms with Crippen molar-refractivity contribution in [2.24, 2.45) is 11.8 Å². The summed E-state index contributed by atoms with van der Waals surface area (Å²) in [5.41, 5.74) is 3.05. The molecule has 3 aromatic rings. The molecule has 154 valence electrons. The zero-order valence-electron chi connectivity index (χ0n) is 17.3. The zero-order chi connectivity index (χ0) is 20.5. The number of carbonyl (C=O) groups excluding carboxylic acids is 1. The van der Waals surface area contributed by atoms with Crippen LogP contribution >= 0.6 is 0 Å². The minimum Gasteiger partial charge on any atom is -0.441 e. The number of aromatic nitrogens is 1. The summed E-state index contributed by atoms with van der Waals surface area (Å²) in [6.45, 7) is 6.76. The average molecular weight is 402 g/mol. The molecule has 30 heavy (non-hydrogen) atoms. The van der Waals surface area contributed by atoms with Gasteiger partial charge in [-0.25, -0.2) is 4.98 Å². The van der Waals surface area contributed by atoms with Gasteiger partial charge in [0.1, 0.15) is 5.76 Å². The summed E-state index contributed by atoms with van der Waals surface area (Å²) in [6.07, 6.45) is 0.315. The number of rotatable bonds is 5. The van der Waals surface area contributed by atoms with Crippen LogP contribution in [0.25, 0.3) is 11.5 Å². The third-order valence-corrected chi connectivity index (χ3v) is 6.40. The van der Waals surface area contributed by atoms with Gasteiger partial charge in [0.2, 0.25) is 11.8 Å². The van der Waals surface area contributed by atoms with Crippen LogP contribution in [0.3, 0.4) is 0 Å². The van der Waals surface area contributed by atoms with E-state index in [0.29, 0.717) is 24.1 Å². The lowest BCUT2D eigenvalue weighted by atomic mass is 10.0. The van der Waals surface area contributed by atoms with Gasteiger partial charge >= 0.3 is 0 Å². The number of hydrogen-bond acceptors (Lipinski definition) is 4. The second-order valence-electron chi connectivity index (χ2n) is 8.56. The van der Waals surface area contributed by atoms with Crippen molar-refractivity contribution in [3.63, 3.8) is 0 Å². The van der Waals surface area contributed by atoms with Crippen LogP contribution < -0.4 is 0 Å². The van der Waals surface area contributed by atoms with E-state index in [1.807, 2.05) is 42.2 Å². The highest BCUT2D eigenvalue weighted by atomic mass is 16.4. The Labute approximate surface area is 177 Å². The van der Waals surface area contributed by atoms with Crippen LogP contribution in [0.5, 0.6) is 0 Å². The highest BCUT2D eigenvalue weighted by molar-refractivity contribution is 5.79. The largest absolute Gasteiger partial charge is 0.441 e. The van der Waals surface area contributed by atoms with Crippen molar-refractivity contribution in [3.05, 3.63) is 77.7 Å². The second kappa shape index (κ2) is 8.07. The van der Waals surface area contributed by atoms with Gasteiger partial charge < -0.3 is 9.32 Å². The summed E-state index contributed by atoms with van der Waals surface area (Å²) in [7, 11) is 0. The fourth-order valence-corrected chi connectivity index (χ4v) is 4.82. The van der Waals surface area contributed by atoms with E-state index in [9.17, 15) is 4.79 Å². The van der Waals surface area contributed by atoms with Gasteiger partial charge in [0.15, 0.2) is 0 Å². The number of fused-ring (bicyclic) bond motifs is 1. The molecule has 2 atom stereocenters. The number of amides is 1. The smallest absolute Gasteiger partial charge is 0.228 e. The molecule has 2 fully saturated rings. The Kier molecular flexibility index (Phi) is 5.13. The van der Waals surface area contributed by atoms with Crippen molar-refractivity contribution in [1.29, 1.82) is 0 Å². The van der Waals surface area contributed by atoms with E-state index in [4.69, 9.17) is 4.42 Å². The zero-order valence-corrected chi connectivity index (χ0v) is 17.3. The van der Waals surface area contributed by atoms with Crippen LogP contribution in [0, 0.1) is 18.8 Å². The van der Waals surface area contributed by atoms with Crippen molar-refractivity contribution in [2.75, 3.05) is 26.2 Å². The molecule has 0 aliphatic carbocycles. The number of nitrogens with zero attached hydrogens (tertiary/aromatic N) is 3. The lowest BCUT2D eigenvalue weighted by Crippen LogP contribution is -2.34. The van der Waals surface area contributed by atoms with Gasteiger partial charge in [0.05, 0.1) is 12.1 Å². The molecule has 3 heterocycles. The molecule has 2 saturated heterocycles. The Hall–Kier alpha value is -2.92. The van der Waals surface area contributed by atoms with Gasteiger partial charge in [-0.15, -0.1) is 0 Å². The lowest BCUT2D eigenvalue weighted by molar-refractivity contribution is -0.129. The average Bonchev–Trinajstić information content (AvgIpc) is 3.43. The molecule has 2 aromatic carbocycles. The lowest BCUT2D eigenvalue weighted by Gasteiger charge is -2.21. The molecule has 1 aromatic heterocycles. The highest BCUT2D eigenvalue weighted by Crippen LogP contribution is 2.32. The first-order valence-electron chi connectivity index (χ1n) is 10.7. The molecule has 0 bridgehead atoms. The second-order valence-corrected chi connectivity index (χ2v) is 8.56. The van der Waals surface area contributed by atoms with E-state index in [1.165, 1.54) is 5.56 Å². The van der Waals surface area contributed by atoms with Gasteiger partial charge in [0, 0.05) is 38.3 Å². The van der Waals surface area contributed by atoms with Crippen molar-refractivity contribution in [1.82, 2.24) is 14.8 Å². The number of oxazole rings is 1. The summed E-state index contributed by atoms with van der Waals surface area (Å²) in [4.78, 5) is 22.1. The molecule has 5 heteroatoms. The number of hydrogen-bond donors (Lipinski definition) is 0. The summed E-state index contributed by atoms with van der Waals surface area (Å²) in [6, 6.07) is 20.5. The maximum absolute atomic E-state index is 12.9. The monoisotopic (exact) mass is 401 g/mol. The molecular weight excluding hydrogens is 374 g/mol. The van der Waals surface area contributed by atoms with E-state index in [2.05, 4.69) is 40.2 Å². The van der Waals surface area contributed by atoms with E-state index in [-0.39, 0.29) is 5.91 Å². The summed E-state index contributed by atoms with van der Waals surface area (Å²) < 4.78 is 5.82. The molecule has 5 nitrogen and oxygen atoms in total. The molecule has 2 aliphatic rings. The minimum absolute atomic E-state index is 0.162. The third-order valence-electron chi connectivity index (χ3n) is 6.40. The summed E-state index contributed by atoms with van der Waals surface area (Å²) >= 11 is 0. The molecule has 0 saturated carbocycles. The van der Waals surface area contributed by atoms with Crippen LogP contribution in [0.1, 0.15) is 17.0 Å². The third kappa shape index (κ3) is 3.90. The van der Waals surface area contributed by atoms with E-state index in [0.717, 1.165) is 49.7 Å². The first-order valence-corrected chi connectivity index (χ1v) is 10.7. The Morgan fingerprint density at radius 3 is 2.27 bits per heavy atom. The van der Waals surface area contributed by atoms with Crippen molar-refractivity contribution in [2.45, 2.75) is 19.9 Å². The van der Waals surface area contributed by atoms with Gasteiger partial charge in [-0.1, -0.05) is 48.5 Å². The van der Waals surface area contributed by atoms with E-state index in [1.54, 1.807) is 0 Å². The Morgan fingerprint density at radius 2 is 1.60 bits per heavy atom. The SMILES string of the molecule is Cc1oc(-c2ccccc2)nc1CC(=O)N1C[C@@H]2CN(Cc3ccccc3)C[C@H]2C1. The van der Waals surface area contributed by atoms with Crippen LogP contribution in [0.15, 0.2) is 65.1 Å². The Balaban J connectivity index is 1.18. The molecule has 0 unspecified atom stereocenters. The predicted molar refractivity (Wildman–Crippen MR) is 116 cm³/mol. The number of carbonyl (C=O) groups is 1. The van der Waals surface area contributed by atoms with E-state index >= 15 is 0 Å². The molecule has 0 radical (unpaired) electrons. The first-order chi connectivity index (χ1) is 14.7. The predicted octanol–water partition coefficient (Wildman–Crippen LogP) is 3.78. The van der Waals surface area contributed by atoms with Crippen molar-refractivity contribution in [3.8, 4) is 11.5 Å². The van der Waals surface area contributed by atoms with Gasteiger partial charge in [-0.3, -0.25) is 9.69 Å². The Morgan fingerprint density at radius 1 is 0.967 bits per heavy atom. The van der Waals surface area contributed by atoms with Crippen LogP contribution in [0.4, 0.5) is 0 Å². The molecule has 0 spiro atoms. The molecule has 1 amide bonds. The van der Waals surface area contributed by atoms with Crippen molar-refractivity contribution < 1.29 is 9.21 Å². The van der Waals surface area contributed by atoms with Gasteiger partial charge in [0.25, 0.3) is 0 Å². The quantitative estimate of drug-likeness (QED) is 0.653. The van der Waals surface area contributed by atoms with Gasteiger partial charge in [-0.2, -0.15) is 0 Å². The highest BCUT2D eigenvalue weighted by Gasteiger charge is 2.41. The fourth-order valence-electron chi connectivity index (χ4n) is 4.82. The number of aryl methyl sites for hydroxylation is 1. The van der Waals surface area contributed by atoms with Gasteiger partial charge in [-0.05, 0) is 36.5 Å². The molecular formula is C25H27N3O2. The van der Waals surface area contributed by atoms with E-state index < -0.39 is 0 Å². The molecule has 2 aliphatic heterocycles. The topological polar surface area (TPSA) is 49.6 Å². The van der Waals surface area contributed by atoms with Crippen LogP contribution in [-0.2, 0) is 17.8 Å². The maximum atomic E-state index is 12.9. The normalized spacial score (nSPS) is 21.2. The number of likely N-dealkylation sites (tertiary alicyclic amines) is 2. The molecule has 5 rings (SSSR count). The maximum Gasteiger partial charge on any atom is 0.228 e. The summed E-state index contributed by atoms with van der Waals surface area (Å²) in [5.74, 6) is 2.64. The van der Waals surface area contributed by atoms with Crippen LogP contribution in [0.2, 0.25) is 0 Å². The first kappa shape index (κ1) is 19.1.